The molecule has 2 rings (SSSR count). The van der Waals surface area contributed by atoms with E-state index in [0.717, 1.165) is 11.1 Å². The molecule has 0 bridgehead atoms. The minimum absolute atomic E-state index is 0.00148. The molecule has 0 fully saturated rings. The molecule has 0 spiro atoms. The van der Waals surface area contributed by atoms with E-state index in [4.69, 9.17) is 10.6 Å². The lowest BCUT2D eigenvalue weighted by atomic mass is 10.1. The molecule has 0 saturated carbocycles. The zero-order chi connectivity index (χ0) is 17.4. The van der Waals surface area contributed by atoms with Gasteiger partial charge in [0.05, 0.1) is 11.3 Å². The summed E-state index contributed by atoms with van der Waals surface area (Å²) in [5.74, 6) is -0.345. The number of aryl methyl sites for hydroxylation is 1. The van der Waals surface area contributed by atoms with Gasteiger partial charge in [0.25, 0.3) is 5.69 Å². The van der Waals surface area contributed by atoms with E-state index in [0.29, 0.717) is 6.42 Å². The molecule has 0 heterocycles. The van der Waals surface area contributed by atoms with Gasteiger partial charge >= 0.3 is 5.97 Å². The Morgan fingerprint density at radius 1 is 1.08 bits per heavy atom. The summed E-state index contributed by atoms with van der Waals surface area (Å²) >= 11 is 0. The molecule has 0 amide bonds. The summed E-state index contributed by atoms with van der Waals surface area (Å²) in [6.45, 7) is 0. The van der Waals surface area contributed by atoms with Gasteiger partial charge in [-0.25, -0.2) is 4.79 Å². The minimum atomic E-state index is -0.476. The van der Waals surface area contributed by atoms with Crippen LogP contribution < -0.4 is 5.73 Å². The van der Waals surface area contributed by atoms with Crippen LogP contribution >= 0.6 is 0 Å². The number of carbonyl (C=O) groups is 1. The fraction of sp³-hybridized carbons (Fsp3) is 0.176. The van der Waals surface area contributed by atoms with Gasteiger partial charge in [0.2, 0.25) is 0 Å². The van der Waals surface area contributed by atoms with E-state index in [-0.39, 0.29) is 24.4 Å². The third-order valence-corrected chi connectivity index (χ3v) is 3.26. The van der Waals surface area contributed by atoms with E-state index in [1.807, 2.05) is 30.3 Å². The van der Waals surface area contributed by atoms with Crippen LogP contribution in [0.25, 0.3) is 0 Å². The number of nitrogens with zero attached hydrogens (tertiary/aromatic N) is 2. The molecule has 0 aliphatic carbocycles. The number of nitro benzene ring substituents is 1. The average molecular weight is 327 g/mol. The number of rotatable bonds is 7. The van der Waals surface area contributed by atoms with E-state index in [1.54, 1.807) is 12.1 Å². The van der Waals surface area contributed by atoms with Crippen molar-refractivity contribution in [2.75, 3.05) is 0 Å². The first-order valence-corrected chi connectivity index (χ1v) is 7.34. The topological polar surface area (TPSA) is 108 Å². The van der Waals surface area contributed by atoms with Crippen LogP contribution in [-0.4, -0.2) is 16.7 Å². The predicted molar refractivity (Wildman–Crippen MR) is 89.3 cm³/mol. The molecule has 2 aromatic carbocycles. The summed E-state index contributed by atoms with van der Waals surface area (Å²) in [7, 11) is 0. The Labute approximate surface area is 138 Å². The van der Waals surface area contributed by atoms with Crippen LogP contribution in [0.15, 0.2) is 59.8 Å². The first-order chi connectivity index (χ1) is 11.5. The second-order valence-corrected chi connectivity index (χ2v) is 5.13. The number of amidine groups is 1. The van der Waals surface area contributed by atoms with Crippen molar-refractivity contribution in [1.29, 1.82) is 0 Å². The molecule has 0 aliphatic heterocycles. The first kappa shape index (κ1) is 17.1. The summed E-state index contributed by atoms with van der Waals surface area (Å²) in [5.41, 5.74) is 7.48. The SMILES string of the molecule is N/C(Cc1ccc([N+](=O)[O-])cc1)=N\OC(=O)CCc1ccccc1. The van der Waals surface area contributed by atoms with Crippen molar-refractivity contribution in [2.45, 2.75) is 19.3 Å². The van der Waals surface area contributed by atoms with Gasteiger partial charge in [0, 0.05) is 18.6 Å². The number of carbonyl (C=O) groups excluding carboxylic acids is 1. The zero-order valence-corrected chi connectivity index (χ0v) is 12.9. The molecule has 0 radical (unpaired) electrons. The minimum Gasteiger partial charge on any atom is -0.384 e. The van der Waals surface area contributed by atoms with Gasteiger partial charge in [-0.1, -0.05) is 47.6 Å². The van der Waals surface area contributed by atoms with Crippen LogP contribution in [0.3, 0.4) is 0 Å². The van der Waals surface area contributed by atoms with Crippen molar-refractivity contribution in [1.82, 2.24) is 0 Å². The maximum Gasteiger partial charge on any atom is 0.335 e. The molecule has 2 N–H and O–H groups in total. The fourth-order valence-electron chi connectivity index (χ4n) is 2.02. The quantitative estimate of drug-likeness (QED) is 0.276. The normalized spacial score (nSPS) is 11.1. The fourth-order valence-corrected chi connectivity index (χ4v) is 2.02. The predicted octanol–water partition coefficient (Wildman–Crippen LogP) is 2.59. The lowest BCUT2D eigenvalue weighted by molar-refractivity contribution is -0.384. The van der Waals surface area contributed by atoms with Gasteiger partial charge in [-0.3, -0.25) is 10.1 Å². The van der Waals surface area contributed by atoms with Gasteiger partial charge in [-0.15, -0.1) is 0 Å². The second kappa shape index (κ2) is 8.42. The van der Waals surface area contributed by atoms with Crippen LogP contribution in [0.2, 0.25) is 0 Å². The molecular formula is C17H17N3O4. The highest BCUT2D eigenvalue weighted by Gasteiger charge is 2.07. The lowest BCUT2D eigenvalue weighted by Crippen LogP contribution is -2.16. The molecule has 7 nitrogen and oxygen atoms in total. The molecular weight excluding hydrogens is 310 g/mol. The third kappa shape index (κ3) is 5.53. The summed E-state index contributed by atoms with van der Waals surface area (Å²) in [6.07, 6.45) is 1.01. The molecule has 0 aromatic heterocycles. The first-order valence-electron chi connectivity index (χ1n) is 7.34. The van der Waals surface area contributed by atoms with Gasteiger partial charge < -0.3 is 10.6 Å². The smallest absolute Gasteiger partial charge is 0.335 e. The number of nitro groups is 1. The number of benzene rings is 2. The molecule has 0 atom stereocenters. The number of non-ortho nitro benzene ring substituents is 1. The highest BCUT2D eigenvalue weighted by Crippen LogP contribution is 2.12. The molecule has 24 heavy (non-hydrogen) atoms. The number of hydrogen-bond donors (Lipinski definition) is 1. The van der Waals surface area contributed by atoms with Crippen LogP contribution in [0.5, 0.6) is 0 Å². The zero-order valence-electron chi connectivity index (χ0n) is 12.9. The van der Waals surface area contributed by atoms with Gasteiger partial charge in [-0.2, -0.15) is 0 Å². The number of oxime groups is 1. The molecule has 0 unspecified atom stereocenters. The Morgan fingerprint density at radius 2 is 1.75 bits per heavy atom. The van der Waals surface area contributed by atoms with Crippen molar-refractivity contribution >= 4 is 17.5 Å². The van der Waals surface area contributed by atoms with Crippen LogP contribution in [0.4, 0.5) is 5.69 Å². The summed E-state index contributed by atoms with van der Waals surface area (Å²) in [5, 5.41) is 14.2. The highest BCUT2D eigenvalue weighted by atomic mass is 16.7. The van der Waals surface area contributed by atoms with E-state index in [1.165, 1.54) is 12.1 Å². The number of nitrogens with two attached hydrogens (primary N) is 1. The Balaban J connectivity index is 1.80. The van der Waals surface area contributed by atoms with Gasteiger partial charge in [0.1, 0.15) is 5.84 Å². The second-order valence-electron chi connectivity index (χ2n) is 5.13. The van der Waals surface area contributed by atoms with Crippen molar-refractivity contribution < 1.29 is 14.6 Å². The molecule has 0 saturated heterocycles. The maximum atomic E-state index is 11.6. The van der Waals surface area contributed by atoms with Crippen LogP contribution in [0, 0.1) is 10.1 Å². The largest absolute Gasteiger partial charge is 0.384 e. The van der Waals surface area contributed by atoms with Crippen molar-refractivity contribution in [3.63, 3.8) is 0 Å². The van der Waals surface area contributed by atoms with Crippen LogP contribution in [0.1, 0.15) is 17.5 Å². The Kier molecular flexibility index (Phi) is 6.01. The molecule has 7 heteroatoms. The van der Waals surface area contributed by atoms with E-state index in [9.17, 15) is 14.9 Å². The van der Waals surface area contributed by atoms with Gasteiger partial charge in [0.15, 0.2) is 0 Å². The lowest BCUT2D eigenvalue weighted by Gasteiger charge is -2.02. The Bertz CT molecular complexity index is 727. The van der Waals surface area contributed by atoms with E-state index in [2.05, 4.69) is 5.16 Å². The highest BCUT2D eigenvalue weighted by molar-refractivity contribution is 5.83. The summed E-state index contributed by atoms with van der Waals surface area (Å²) in [6, 6.07) is 15.5. The van der Waals surface area contributed by atoms with Crippen LogP contribution in [-0.2, 0) is 22.5 Å². The van der Waals surface area contributed by atoms with E-state index >= 15 is 0 Å². The molecule has 2 aromatic rings. The Hall–Kier alpha value is -3.22. The van der Waals surface area contributed by atoms with Crippen molar-refractivity contribution in [2.24, 2.45) is 10.9 Å². The van der Waals surface area contributed by atoms with Crippen molar-refractivity contribution in [3.05, 3.63) is 75.8 Å². The van der Waals surface area contributed by atoms with Gasteiger partial charge in [-0.05, 0) is 17.5 Å². The average Bonchev–Trinajstić information content (AvgIpc) is 2.59. The summed E-state index contributed by atoms with van der Waals surface area (Å²) < 4.78 is 0. The molecule has 0 aliphatic rings. The molecule has 124 valence electrons. The standard InChI is InChI=1S/C17H17N3O4/c18-16(12-14-6-9-15(10-7-14)20(22)23)19-24-17(21)11-8-13-4-2-1-3-5-13/h1-7,9-10H,8,11-12H2,(H2,18,19). The number of hydrogen-bond acceptors (Lipinski definition) is 5. The maximum absolute atomic E-state index is 11.6. The van der Waals surface area contributed by atoms with E-state index < -0.39 is 10.9 Å². The third-order valence-electron chi connectivity index (χ3n) is 3.26. The summed E-state index contributed by atoms with van der Waals surface area (Å²) in [4.78, 5) is 26.5. The monoisotopic (exact) mass is 327 g/mol. The van der Waals surface area contributed by atoms with Crippen molar-refractivity contribution in [3.8, 4) is 0 Å². The Morgan fingerprint density at radius 3 is 2.38 bits per heavy atom.